The van der Waals surface area contributed by atoms with Gasteiger partial charge in [0.2, 0.25) is 11.8 Å². The molecule has 3 aromatic carbocycles. The lowest BCUT2D eigenvalue weighted by Crippen LogP contribution is -2.49. The summed E-state index contributed by atoms with van der Waals surface area (Å²) < 4.78 is 88.3. The van der Waals surface area contributed by atoms with Gasteiger partial charge in [0.1, 0.15) is 47.7 Å². The van der Waals surface area contributed by atoms with Crippen molar-refractivity contribution in [3.05, 3.63) is 82.6 Å². The van der Waals surface area contributed by atoms with Gasteiger partial charge in [-0.15, -0.1) is 6.42 Å². The fourth-order valence-electron chi connectivity index (χ4n) is 13.2. The molecule has 19 heteroatoms. The molecule has 12 rings (SSSR count). The third-order valence-corrected chi connectivity index (χ3v) is 17.1. The SMILES string of the molecule is C#Cc1c(F)ccc2cccc(-c3nc4c5c(nc(OC[C@@]67CCCN6[C@H](COC(=O)N6CCC(OC8CCN(c9cc(F)c(C%10CCC(=O)NC%10=O)c(F)c9)CC8)CC6)CC7)nc5c3F)N3CCCOC[C@@H]3CC4)c12. The van der Waals surface area contributed by atoms with Gasteiger partial charge in [-0.05, 0) is 107 Å². The Hall–Kier alpha value is -6.62. The number of terminal acetylenes is 1. The largest absolute Gasteiger partial charge is 0.461 e. The molecule has 0 aliphatic carbocycles. The van der Waals surface area contributed by atoms with Crippen LogP contribution in [0.25, 0.3) is 32.9 Å². The molecule has 6 fully saturated rings. The summed E-state index contributed by atoms with van der Waals surface area (Å²) in [7, 11) is 0. The Kier molecular flexibility index (Phi) is 13.7. The summed E-state index contributed by atoms with van der Waals surface area (Å²) in [5.74, 6) is -1.96. The zero-order valence-electron chi connectivity index (χ0n) is 42.3. The predicted molar refractivity (Wildman–Crippen MR) is 274 cm³/mol. The number of nitrogens with zero attached hydrogens (tertiary/aromatic N) is 7. The molecule has 1 N–H and O–H groups in total. The molecular weight excluding hydrogens is 985 g/mol. The number of pyridine rings is 1. The molecule has 76 heavy (non-hydrogen) atoms. The van der Waals surface area contributed by atoms with Gasteiger partial charge >= 0.3 is 12.1 Å². The highest BCUT2D eigenvalue weighted by molar-refractivity contribution is 6.03. The number of rotatable bonds is 10. The normalized spacial score (nSPS) is 24.5. The van der Waals surface area contributed by atoms with E-state index in [1.54, 1.807) is 23.1 Å². The Bertz CT molecular complexity index is 3140. The van der Waals surface area contributed by atoms with Crippen LogP contribution in [0, 0.1) is 35.6 Å². The second-order valence-electron chi connectivity index (χ2n) is 21.5. The summed E-state index contributed by atoms with van der Waals surface area (Å²) in [6.07, 6.45) is 13.6. The summed E-state index contributed by atoms with van der Waals surface area (Å²) >= 11 is 0. The van der Waals surface area contributed by atoms with Gasteiger partial charge in [-0.3, -0.25) is 19.8 Å². The molecule has 7 aliphatic rings. The van der Waals surface area contributed by atoms with E-state index in [1.807, 2.05) is 11.0 Å². The van der Waals surface area contributed by atoms with Crippen LogP contribution in [0.4, 0.5) is 33.9 Å². The number of aryl methyl sites for hydroxylation is 1. The van der Waals surface area contributed by atoms with Crippen molar-refractivity contribution in [3.63, 3.8) is 0 Å². The summed E-state index contributed by atoms with van der Waals surface area (Å²) in [6, 6.07) is 10.8. The van der Waals surface area contributed by atoms with Crippen molar-refractivity contribution in [1.82, 2.24) is 30.1 Å². The highest BCUT2D eigenvalue weighted by atomic mass is 19.1. The zero-order chi connectivity index (χ0) is 52.2. The van der Waals surface area contributed by atoms with Crippen LogP contribution in [0.3, 0.4) is 0 Å². The molecule has 2 aromatic heterocycles. The summed E-state index contributed by atoms with van der Waals surface area (Å²) in [5.41, 5.74) is 0.931. The average molecular weight is 1050 g/mol. The van der Waals surface area contributed by atoms with Crippen LogP contribution in [0.2, 0.25) is 0 Å². The van der Waals surface area contributed by atoms with Gasteiger partial charge in [-0.1, -0.05) is 30.2 Å². The summed E-state index contributed by atoms with van der Waals surface area (Å²) in [6.45, 7) is 5.14. The number of hydrogen-bond donors (Lipinski definition) is 1. The molecule has 398 valence electrons. The van der Waals surface area contributed by atoms with E-state index < -0.39 is 41.0 Å². The lowest BCUT2D eigenvalue weighted by molar-refractivity contribution is -0.134. The number of amides is 3. The van der Waals surface area contributed by atoms with Crippen molar-refractivity contribution >= 4 is 51.1 Å². The quantitative estimate of drug-likeness (QED) is 0.0816. The number of halogens is 4. The maximum absolute atomic E-state index is 17.4. The standard InChI is InChI=1S/C57H60F4N8O7/c1-2-39-42(58)11-8-33-6-3-7-40(47(33)39)51-50(61)52-49-45(62-51)12-9-34-30-73-27-5-21-68(34)53(49)65-55(64-52)75-32-57-19-4-22-69(57)35(14-20-57)31-74-56(72)67-25-17-38(18-26-67)76-37-15-23-66(24-16-37)36-28-43(59)48(44(60)29-36)41-10-13-46(70)63-54(41)71/h1,3,6-8,11,28-29,34-35,37-38,41H,4-5,9-10,12-27,30-32H2,(H,63,70,71)/t34-,35-,41?,57-/m0/s1. The first-order valence-corrected chi connectivity index (χ1v) is 26.9. The van der Waals surface area contributed by atoms with Crippen LogP contribution < -0.4 is 19.9 Å². The molecule has 4 atom stereocenters. The number of aromatic nitrogens is 3. The second kappa shape index (κ2) is 20.7. The fraction of sp³-hybridized carbons (Fsp3) is 0.509. The molecular formula is C57H60F4N8O7. The number of anilines is 2. The topological polar surface area (TPSA) is 152 Å². The van der Waals surface area contributed by atoms with Crippen LogP contribution in [-0.2, 0) is 30.2 Å². The smallest absolute Gasteiger partial charge is 0.409 e. The molecule has 3 amide bonds. The highest BCUT2D eigenvalue weighted by Gasteiger charge is 2.50. The van der Waals surface area contributed by atoms with Crippen LogP contribution in [0.5, 0.6) is 6.01 Å². The number of fused-ring (bicyclic) bond motifs is 4. The molecule has 1 unspecified atom stereocenters. The molecule has 6 saturated heterocycles. The lowest BCUT2D eigenvalue weighted by atomic mass is 9.89. The van der Waals surface area contributed by atoms with E-state index in [0.29, 0.717) is 123 Å². The number of carbonyl (C=O) groups excluding carboxylic acids is 3. The highest BCUT2D eigenvalue weighted by Crippen LogP contribution is 2.45. The third-order valence-electron chi connectivity index (χ3n) is 17.1. The number of imide groups is 1. The van der Waals surface area contributed by atoms with E-state index in [-0.39, 0.29) is 90.3 Å². The minimum absolute atomic E-state index is 0.00910. The average Bonchev–Trinajstić information content (AvgIpc) is 3.89. The Morgan fingerprint density at radius 2 is 1.63 bits per heavy atom. The number of benzene rings is 3. The number of hydrogen-bond acceptors (Lipinski definition) is 13. The van der Waals surface area contributed by atoms with E-state index in [2.05, 4.69) is 21.0 Å². The van der Waals surface area contributed by atoms with Crippen LogP contribution >= 0.6 is 0 Å². The van der Waals surface area contributed by atoms with Crippen LogP contribution in [0.15, 0.2) is 42.5 Å². The van der Waals surface area contributed by atoms with Crippen molar-refractivity contribution in [1.29, 1.82) is 0 Å². The van der Waals surface area contributed by atoms with E-state index >= 15 is 17.6 Å². The van der Waals surface area contributed by atoms with Crippen LogP contribution in [0.1, 0.15) is 99.8 Å². The monoisotopic (exact) mass is 1040 g/mol. The van der Waals surface area contributed by atoms with Gasteiger partial charge in [0.25, 0.3) is 0 Å². The van der Waals surface area contributed by atoms with Crippen molar-refractivity contribution in [3.8, 4) is 29.6 Å². The minimum atomic E-state index is -1.05. The number of nitrogens with one attached hydrogen (secondary N) is 1. The van der Waals surface area contributed by atoms with Gasteiger partial charge in [0.15, 0.2) is 5.82 Å². The number of piperidine rings is 3. The van der Waals surface area contributed by atoms with Gasteiger partial charge in [-0.2, -0.15) is 9.97 Å². The molecule has 5 aromatic rings. The third kappa shape index (κ3) is 9.33. The van der Waals surface area contributed by atoms with E-state index in [9.17, 15) is 14.4 Å². The molecule has 0 spiro atoms. The van der Waals surface area contributed by atoms with Gasteiger partial charge in [0.05, 0.1) is 53.0 Å². The van der Waals surface area contributed by atoms with Crippen molar-refractivity contribution in [2.24, 2.45) is 0 Å². The van der Waals surface area contributed by atoms with Crippen molar-refractivity contribution in [2.75, 3.05) is 75.5 Å². The zero-order valence-corrected chi connectivity index (χ0v) is 42.3. The van der Waals surface area contributed by atoms with Gasteiger partial charge in [-0.25, -0.2) is 27.3 Å². The predicted octanol–water partition coefficient (Wildman–Crippen LogP) is 8.11. The summed E-state index contributed by atoms with van der Waals surface area (Å²) in [4.78, 5) is 60.5. The Morgan fingerprint density at radius 3 is 2.41 bits per heavy atom. The maximum Gasteiger partial charge on any atom is 0.409 e. The van der Waals surface area contributed by atoms with E-state index in [4.69, 9.17) is 40.3 Å². The Labute approximate surface area is 437 Å². The number of carbonyl (C=O) groups is 3. The molecule has 0 bridgehead atoms. The second-order valence-corrected chi connectivity index (χ2v) is 21.5. The van der Waals surface area contributed by atoms with E-state index in [1.165, 1.54) is 18.2 Å². The van der Waals surface area contributed by atoms with Gasteiger partial charge < -0.3 is 33.6 Å². The Balaban J connectivity index is 0.674. The number of ether oxygens (including phenoxy) is 4. The number of likely N-dealkylation sites (tertiary alicyclic amines) is 1. The van der Waals surface area contributed by atoms with Crippen molar-refractivity contribution < 1.29 is 50.9 Å². The molecule has 0 radical (unpaired) electrons. The molecule has 9 heterocycles. The minimum Gasteiger partial charge on any atom is -0.461 e. The fourth-order valence-corrected chi connectivity index (χ4v) is 13.2. The first kappa shape index (κ1) is 50.2. The first-order valence-electron chi connectivity index (χ1n) is 26.9. The Morgan fingerprint density at radius 1 is 0.842 bits per heavy atom. The molecule has 7 aliphatic heterocycles. The van der Waals surface area contributed by atoms with Crippen molar-refractivity contribution in [2.45, 2.75) is 119 Å². The summed E-state index contributed by atoms with van der Waals surface area (Å²) in [5, 5.41) is 3.78. The molecule has 15 nitrogen and oxygen atoms in total. The first-order chi connectivity index (χ1) is 36.9. The van der Waals surface area contributed by atoms with Crippen LogP contribution in [-0.4, -0.2) is 138 Å². The lowest BCUT2D eigenvalue weighted by Gasteiger charge is -2.38. The maximum atomic E-state index is 17.4. The molecule has 0 saturated carbocycles. The van der Waals surface area contributed by atoms with E-state index in [0.717, 1.165) is 38.6 Å². The van der Waals surface area contributed by atoms with Gasteiger partial charge in [0, 0.05) is 74.0 Å².